The Balaban J connectivity index is 2.11. The molecule has 0 radical (unpaired) electrons. The Morgan fingerprint density at radius 3 is 2.50 bits per heavy atom. The number of piperidine rings is 1. The molecule has 0 saturated carbocycles. The predicted molar refractivity (Wildman–Crippen MR) is 94.1 cm³/mol. The van der Waals surface area contributed by atoms with Gasteiger partial charge in [0.05, 0.1) is 22.6 Å². The number of carbonyl (C=O) groups is 2. The van der Waals surface area contributed by atoms with Crippen molar-refractivity contribution < 1.29 is 27.6 Å². The van der Waals surface area contributed by atoms with E-state index < -0.39 is 22.6 Å². The van der Waals surface area contributed by atoms with Crippen molar-refractivity contribution in [1.82, 2.24) is 9.37 Å². The van der Waals surface area contributed by atoms with Crippen LogP contribution in [0.15, 0.2) is 23.1 Å². The summed E-state index contributed by atoms with van der Waals surface area (Å²) in [4.78, 5) is 30.5. The Hall–Kier alpha value is -1.68. The van der Waals surface area contributed by atoms with Crippen molar-refractivity contribution in [3.63, 3.8) is 0 Å². The molecule has 0 bridgehead atoms. The van der Waals surface area contributed by atoms with Gasteiger partial charge < -0.3 is 9.64 Å². The molecule has 1 aromatic rings. The van der Waals surface area contributed by atoms with E-state index in [9.17, 15) is 18.0 Å². The summed E-state index contributed by atoms with van der Waals surface area (Å²) >= 11 is 5.98. The first-order valence-electron chi connectivity index (χ1n) is 8.05. The first-order valence-corrected chi connectivity index (χ1v) is 9.86. The standard InChI is InChI=1S/C16H21ClN2O6S/c1-18(24-2)26(22,23)12-6-7-14(17)13(10-12)16(21)25-11-15(20)19-8-4-3-5-9-19/h6-7,10H,3-5,8-9,11H2,1-2H3. The van der Waals surface area contributed by atoms with Gasteiger partial charge in [0.25, 0.3) is 15.9 Å². The number of halogens is 1. The zero-order valence-corrected chi connectivity index (χ0v) is 16.2. The fourth-order valence-electron chi connectivity index (χ4n) is 2.51. The minimum absolute atomic E-state index is 0.0273. The van der Waals surface area contributed by atoms with Crippen LogP contribution in [0.25, 0.3) is 0 Å². The summed E-state index contributed by atoms with van der Waals surface area (Å²) < 4.78 is 30.2. The van der Waals surface area contributed by atoms with Gasteiger partial charge in [0.2, 0.25) is 0 Å². The molecule has 10 heteroatoms. The maximum atomic E-state index is 12.3. The van der Waals surface area contributed by atoms with E-state index in [1.807, 2.05) is 0 Å². The first kappa shape index (κ1) is 20.6. The maximum Gasteiger partial charge on any atom is 0.340 e. The third-order valence-corrected chi connectivity index (χ3v) is 6.09. The summed E-state index contributed by atoms with van der Waals surface area (Å²) in [6.07, 6.45) is 2.94. The number of carbonyl (C=O) groups excluding carboxylic acids is 2. The molecule has 144 valence electrons. The molecule has 1 aromatic carbocycles. The van der Waals surface area contributed by atoms with Crippen LogP contribution in [0.4, 0.5) is 0 Å². The average molecular weight is 405 g/mol. The van der Waals surface area contributed by atoms with Crippen molar-refractivity contribution in [1.29, 1.82) is 0 Å². The minimum atomic E-state index is -3.94. The molecule has 0 spiro atoms. The van der Waals surface area contributed by atoms with Crippen LogP contribution in [-0.2, 0) is 24.4 Å². The molecule has 0 aliphatic carbocycles. The van der Waals surface area contributed by atoms with Crippen LogP contribution in [0.2, 0.25) is 5.02 Å². The number of esters is 1. The van der Waals surface area contributed by atoms with Crippen LogP contribution < -0.4 is 0 Å². The minimum Gasteiger partial charge on any atom is -0.452 e. The Kier molecular flexibility index (Phi) is 6.99. The third-order valence-electron chi connectivity index (χ3n) is 4.09. The van der Waals surface area contributed by atoms with Crippen LogP contribution in [0.5, 0.6) is 0 Å². The number of hydroxylamine groups is 1. The number of benzene rings is 1. The normalized spacial score (nSPS) is 15.2. The number of likely N-dealkylation sites (tertiary alicyclic amines) is 1. The lowest BCUT2D eigenvalue weighted by Crippen LogP contribution is -2.38. The maximum absolute atomic E-state index is 12.3. The molecule has 1 amide bonds. The Bertz CT molecular complexity index is 777. The number of hydrogen-bond donors (Lipinski definition) is 0. The molecule has 1 saturated heterocycles. The molecular weight excluding hydrogens is 384 g/mol. The molecule has 0 unspecified atom stereocenters. The number of hydrogen-bond acceptors (Lipinski definition) is 6. The van der Waals surface area contributed by atoms with Crippen molar-refractivity contribution >= 4 is 33.5 Å². The van der Waals surface area contributed by atoms with E-state index in [0.717, 1.165) is 25.3 Å². The summed E-state index contributed by atoms with van der Waals surface area (Å²) in [5, 5.41) is 0.0273. The van der Waals surface area contributed by atoms with Crippen molar-refractivity contribution in [2.75, 3.05) is 33.9 Å². The van der Waals surface area contributed by atoms with Crippen LogP contribution in [0.3, 0.4) is 0 Å². The number of nitrogens with zero attached hydrogens (tertiary/aromatic N) is 2. The van der Waals surface area contributed by atoms with E-state index in [2.05, 4.69) is 0 Å². The summed E-state index contributed by atoms with van der Waals surface area (Å²) in [7, 11) is -1.52. The van der Waals surface area contributed by atoms with E-state index in [1.165, 1.54) is 26.3 Å². The highest BCUT2D eigenvalue weighted by molar-refractivity contribution is 7.89. The fraction of sp³-hybridized carbons (Fsp3) is 0.500. The van der Waals surface area contributed by atoms with E-state index in [-0.39, 0.29) is 21.4 Å². The van der Waals surface area contributed by atoms with Crippen molar-refractivity contribution in [3.8, 4) is 0 Å². The molecule has 1 aliphatic heterocycles. The lowest BCUT2D eigenvalue weighted by Gasteiger charge is -2.26. The predicted octanol–water partition coefficient (Wildman–Crippen LogP) is 1.69. The van der Waals surface area contributed by atoms with E-state index >= 15 is 0 Å². The van der Waals surface area contributed by atoms with Crippen molar-refractivity contribution in [3.05, 3.63) is 28.8 Å². The quantitative estimate of drug-likeness (QED) is 0.529. The second-order valence-electron chi connectivity index (χ2n) is 5.76. The smallest absolute Gasteiger partial charge is 0.340 e. The molecule has 1 fully saturated rings. The highest BCUT2D eigenvalue weighted by Gasteiger charge is 2.25. The number of rotatable bonds is 6. The van der Waals surface area contributed by atoms with E-state index in [0.29, 0.717) is 17.6 Å². The van der Waals surface area contributed by atoms with Gasteiger partial charge >= 0.3 is 5.97 Å². The van der Waals surface area contributed by atoms with Crippen LogP contribution in [0, 0.1) is 0 Å². The number of amides is 1. The largest absolute Gasteiger partial charge is 0.452 e. The SMILES string of the molecule is CON(C)S(=O)(=O)c1ccc(Cl)c(C(=O)OCC(=O)N2CCCCC2)c1. The second kappa shape index (κ2) is 8.81. The Morgan fingerprint density at radius 1 is 1.23 bits per heavy atom. The van der Waals surface area contributed by atoms with Gasteiger partial charge in [-0.05, 0) is 37.5 Å². The average Bonchev–Trinajstić information content (AvgIpc) is 2.65. The zero-order valence-electron chi connectivity index (χ0n) is 14.6. The number of sulfonamides is 1. The molecule has 8 nitrogen and oxygen atoms in total. The Morgan fingerprint density at radius 2 is 1.88 bits per heavy atom. The first-order chi connectivity index (χ1) is 12.3. The van der Waals surface area contributed by atoms with Crippen molar-refractivity contribution in [2.24, 2.45) is 0 Å². The topological polar surface area (TPSA) is 93.2 Å². The third kappa shape index (κ3) is 4.73. The van der Waals surface area contributed by atoms with Gasteiger partial charge in [-0.25, -0.2) is 13.2 Å². The van der Waals surface area contributed by atoms with Gasteiger partial charge in [-0.1, -0.05) is 16.1 Å². The summed E-state index contributed by atoms with van der Waals surface area (Å²) in [5.74, 6) is -1.14. The fourth-order valence-corrected chi connectivity index (χ4v) is 3.70. The summed E-state index contributed by atoms with van der Waals surface area (Å²) in [6, 6.07) is 3.63. The van der Waals surface area contributed by atoms with Gasteiger partial charge in [-0.3, -0.25) is 9.63 Å². The van der Waals surface area contributed by atoms with Crippen LogP contribution in [0.1, 0.15) is 29.6 Å². The lowest BCUT2D eigenvalue weighted by molar-refractivity contribution is -0.135. The molecule has 2 rings (SSSR count). The van der Waals surface area contributed by atoms with Gasteiger partial charge in [-0.2, -0.15) is 0 Å². The molecule has 1 aliphatic rings. The highest BCUT2D eigenvalue weighted by Crippen LogP contribution is 2.23. The lowest BCUT2D eigenvalue weighted by atomic mass is 10.1. The summed E-state index contributed by atoms with van der Waals surface area (Å²) in [6.45, 7) is 0.882. The molecule has 0 N–H and O–H groups in total. The highest BCUT2D eigenvalue weighted by atomic mass is 35.5. The Labute approximate surface area is 157 Å². The van der Waals surface area contributed by atoms with Gasteiger partial charge in [-0.15, -0.1) is 0 Å². The molecule has 0 atom stereocenters. The van der Waals surface area contributed by atoms with E-state index in [1.54, 1.807) is 4.90 Å². The van der Waals surface area contributed by atoms with Gasteiger partial charge in [0, 0.05) is 20.1 Å². The zero-order chi connectivity index (χ0) is 19.3. The van der Waals surface area contributed by atoms with Gasteiger partial charge in [0.15, 0.2) is 6.61 Å². The number of ether oxygens (including phenoxy) is 1. The molecule has 26 heavy (non-hydrogen) atoms. The monoisotopic (exact) mass is 404 g/mol. The van der Waals surface area contributed by atoms with Crippen LogP contribution >= 0.6 is 11.6 Å². The second-order valence-corrected chi connectivity index (χ2v) is 8.10. The molecular formula is C16H21ClN2O6S. The van der Waals surface area contributed by atoms with Gasteiger partial charge in [0.1, 0.15) is 0 Å². The van der Waals surface area contributed by atoms with Crippen LogP contribution in [-0.4, -0.2) is 63.5 Å². The summed E-state index contributed by atoms with van der Waals surface area (Å²) in [5.41, 5.74) is -0.135. The van der Waals surface area contributed by atoms with E-state index in [4.69, 9.17) is 21.2 Å². The molecule has 1 heterocycles. The molecule has 0 aromatic heterocycles. The van der Waals surface area contributed by atoms with Crippen molar-refractivity contribution in [2.45, 2.75) is 24.2 Å².